The molecular formula is C18H24N2O4. The van der Waals surface area contributed by atoms with Crippen LogP contribution in [0.3, 0.4) is 0 Å². The fourth-order valence-corrected chi connectivity index (χ4v) is 3.33. The van der Waals surface area contributed by atoms with Crippen molar-refractivity contribution in [3.8, 4) is 5.75 Å². The molecule has 3 rings (SSSR count). The van der Waals surface area contributed by atoms with E-state index in [4.69, 9.17) is 9.47 Å². The van der Waals surface area contributed by atoms with Crippen LogP contribution in [-0.4, -0.2) is 55.2 Å². The van der Waals surface area contributed by atoms with Crippen LogP contribution in [0.4, 0.5) is 5.69 Å². The van der Waals surface area contributed by atoms with E-state index in [1.807, 2.05) is 43.0 Å². The van der Waals surface area contributed by atoms with Crippen molar-refractivity contribution in [2.24, 2.45) is 0 Å². The highest BCUT2D eigenvalue weighted by molar-refractivity contribution is 5.97. The van der Waals surface area contributed by atoms with E-state index < -0.39 is 0 Å². The summed E-state index contributed by atoms with van der Waals surface area (Å²) >= 11 is 0. The average molecular weight is 332 g/mol. The van der Waals surface area contributed by atoms with Crippen LogP contribution < -0.4 is 9.64 Å². The summed E-state index contributed by atoms with van der Waals surface area (Å²) in [7, 11) is 0. The van der Waals surface area contributed by atoms with Gasteiger partial charge in [0.2, 0.25) is 5.91 Å². The number of hydrogen-bond acceptors (Lipinski definition) is 4. The van der Waals surface area contributed by atoms with Crippen LogP contribution in [0.15, 0.2) is 24.3 Å². The number of benzene rings is 1. The molecule has 1 saturated heterocycles. The number of ether oxygens (including phenoxy) is 2. The zero-order chi connectivity index (χ0) is 17.1. The van der Waals surface area contributed by atoms with E-state index >= 15 is 0 Å². The molecule has 1 aromatic rings. The van der Waals surface area contributed by atoms with Crippen molar-refractivity contribution in [2.45, 2.75) is 38.9 Å². The Labute approximate surface area is 142 Å². The second kappa shape index (κ2) is 7.21. The fourth-order valence-electron chi connectivity index (χ4n) is 3.33. The first kappa shape index (κ1) is 16.8. The second-order valence-electron chi connectivity index (χ2n) is 6.46. The second-order valence-corrected chi connectivity index (χ2v) is 6.46. The molecular weight excluding hydrogens is 308 g/mol. The number of nitrogens with zero attached hydrogens (tertiary/aromatic N) is 2. The number of amides is 2. The van der Waals surface area contributed by atoms with Gasteiger partial charge in [0, 0.05) is 26.1 Å². The highest BCUT2D eigenvalue weighted by Crippen LogP contribution is 2.31. The van der Waals surface area contributed by atoms with Crippen molar-refractivity contribution in [3.63, 3.8) is 0 Å². The van der Waals surface area contributed by atoms with E-state index in [2.05, 4.69) is 0 Å². The first-order valence-electron chi connectivity index (χ1n) is 8.50. The summed E-state index contributed by atoms with van der Waals surface area (Å²) in [5, 5.41) is 0. The standard InChI is InChI=1S/C18H24N2O4/c1-13-10-19(11-14(2)24-13)17(21)8-5-9-20-15-6-3-4-7-16(15)23-12-18(20)22/h3-4,6-7,13-14H,5,8-12H2,1-2H3. The lowest BCUT2D eigenvalue weighted by Gasteiger charge is -2.35. The summed E-state index contributed by atoms with van der Waals surface area (Å²) in [5.74, 6) is 0.792. The van der Waals surface area contributed by atoms with Crippen molar-refractivity contribution < 1.29 is 19.1 Å². The third-order valence-corrected chi connectivity index (χ3v) is 4.35. The van der Waals surface area contributed by atoms with Crippen LogP contribution in [0.25, 0.3) is 0 Å². The lowest BCUT2D eigenvalue weighted by molar-refractivity contribution is -0.143. The maximum atomic E-state index is 12.4. The molecule has 2 heterocycles. The number of carbonyl (C=O) groups is 2. The number of rotatable bonds is 4. The summed E-state index contributed by atoms with van der Waals surface area (Å²) in [6.45, 7) is 5.84. The number of morpholine rings is 1. The Hall–Kier alpha value is -2.08. The highest BCUT2D eigenvalue weighted by atomic mass is 16.5. The summed E-state index contributed by atoms with van der Waals surface area (Å²) in [6, 6.07) is 7.50. The number of para-hydroxylation sites is 2. The molecule has 0 saturated carbocycles. The molecule has 6 nitrogen and oxygen atoms in total. The number of carbonyl (C=O) groups excluding carboxylic acids is 2. The van der Waals surface area contributed by atoms with Gasteiger partial charge < -0.3 is 19.3 Å². The highest BCUT2D eigenvalue weighted by Gasteiger charge is 2.27. The lowest BCUT2D eigenvalue weighted by Crippen LogP contribution is -2.48. The first-order chi connectivity index (χ1) is 11.5. The van der Waals surface area contributed by atoms with Gasteiger partial charge in [-0.05, 0) is 32.4 Å². The topological polar surface area (TPSA) is 59.1 Å². The van der Waals surface area contributed by atoms with Crippen molar-refractivity contribution in [3.05, 3.63) is 24.3 Å². The number of fused-ring (bicyclic) bond motifs is 1. The van der Waals surface area contributed by atoms with Gasteiger partial charge in [-0.1, -0.05) is 12.1 Å². The number of hydrogen-bond donors (Lipinski definition) is 0. The van der Waals surface area contributed by atoms with Crippen LogP contribution >= 0.6 is 0 Å². The van der Waals surface area contributed by atoms with Gasteiger partial charge in [0.15, 0.2) is 6.61 Å². The van der Waals surface area contributed by atoms with Crippen molar-refractivity contribution in [1.29, 1.82) is 0 Å². The molecule has 0 bridgehead atoms. The monoisotopic (exact) mass is 332 g/mol. The summed E-state index contributed by atoms with van der Waals surface area (Å²) in [6.07, 6.45) is 1.22. The molecule has 0 aliphatic carbocycles. The van der Waals surface area contributed by atoms with E-state index in [0.717, 1.165) is 11.4 Å². The largest absolute Gasteiger partial charge is 0.482 e. The molecule has 1 fully saturated rings. The third-order valence-electron chi connectivity index (χ3n) is 4.35. The Balaban J connectivity index is 1.55. The summed E-state index contributed by atoms with van der Waals surface area (Å²) in [4.78, 5) is 28.1. The summed E-state index contributed by atoms with van der Waals surface area (Å²) in [5.41, 5.74) is 0.787. The maximum Gasteiger partial charge on any atom is 0.265 e. The van der Waals surface area contributed by atoms with Gasteiger partial charge >= 0.3 is 0 Å². The third kappa shape index (κ3) is 3.70. The van der Waals surface area contributed by atoms with Gasteiger partial charge in [-0.15, -0.1) is 0 Å². The van der Waals surface area contributed by atoms with E-state index in [9.17, 15) is 9.59 Å². The van der Waals surface area contributed by atoms with Crippen LogP contribution in [0.1, 0.15) is 26.7 Å². The first-order valence-corrected chi connectivity index (χ1v) is 8.50. The average Bonchev–Trinajstić information content (AvgIpc) is 2.56. The number of anilines is 1. The Morgan fingerprint density at radius 2 is 1.92 bits per heavy atom. The molecule has 6 heteroatoms. The van der Waals surface area contributed by atoms with Gasteiger partial charge in [-0.2, -0.15) is 0 Å². The minimum absolute atomic E-state index is 0.0590. The van der Waals surface area contributed by atoms with Gasteiger partial charge in [0.25, 0.3) is 5.91 Å². The van der Waals surface area contributed by atoms with Gasteiger partial charge in [0.1, 0.15) is 5.75 Å². The van der Waals surface area contributed by atoms with Gasteiger partial charge in [0.05, 0.1) is 17.9 Å². The molecule has 24 heavy (non-hydrogen) atoms. The molecule has 0 spiro atoms. The van der Waals surface area contributed by atoms with Crippen molar-refractivity contribution >= 4 is 17.5 Å². The molecule has 0 radical (unpaired) electrons. The lowest BCUT2D eigenvalue weighted by atomic mass is 10.1. The van der Waals surface area contributed by atoms with Crippen LogP contribution in [0.2, 0.25) is 0 Å². The smallest absolute Gasteiger partial charge is 0.265 e. The summed E-state index contributed by atoms with van der Waals surface area (Å²) < 4.78 is 11.1. The molecule has 1 aromatic carbocycles. The van der Waals surface area contributed by atoms with Gasteiger partial charge in [-0.25, -0.2) is 0 Å². The van der Waals surface area contributed by atoms with Crippen LogP contribution in [0, 0.1) is 0 Å². The van der Waals surface area contributed by atoms with E-state index in [1.54, 1.807) is 4.90 Å². The zero-order valence-corrected chi connectivity index (χ0v) is 14.2. The zero-order valence-electron chi connectivity index (χ0n) is 14.2. The molecule has 130 valence electrons. The van der Waals surface area contributed by atoms with E-state index in [0.29, 0.717) is 32.5 Å². The Bertz CT molecular complexity index is 609. The molecule has 2 aliphatic heterocycles. The van der Waals surface area contributed by atoms with Gasteiger partial charge in [-0.3, -0.25) is 9.59 Å². The van der Waals surface area contributed by atoms with Crippen LogP contribution in [-0.2, 0) is 14.3 Å². The molecule has 2 aliphatic rings. The van der Waals surface area contributed by atoms with Crippen LogP contribution in [0.5, 0.6) is 5.75 Å². The maximum absolute atomic E-state index is 12.4. The Morgan fingerprint density at radius 3 is 2.67 bits per heavy atom. The molecule has 0 N–H and O–H groups in total. The molecule has 2 amide bonds. The molecule has 2 unspecified atom stereocenters. The minimum Gasteiger partial charge on any atom is -0.482 e. The van der Waals surface area contributed by atoms with Crippen molar-refractivity contribution in [2.75, 3.05) is 31.1 Å². The predicted molar refractivity (Wildman–Crippen MR) is 90.1 cm³/mol. The SMILES string of the molecule is CC1CN(C(=O)CCCN2C(=O)COc3ccccc32)CC(C)O1. The van der Waals surface area contributed by atoms with E-state index in [-0.39, 0.29) is 30.6 Å². The normalized spacial score (nSPS) is 23.7. The molecule has 0 aromatic heterocycles. The Morgan fingerprint density at radius 1 is 1.21 bits per heavy atom. The quantitative estimate of drug-likeness (QED) is 0.844. The minimum atomic E-state index is -0.0604. The fraction of sp³-hybridized carbons (Fsp3) is 0.556. The molecule has 2 atom stereocenters. The van der Waals surface area contributed by atoms with Crippen molar-refractivity contribution in [1.82, 2.24) is 4.90 Å². The van der Waals surface area contributed by atoms with E-state index in [1.165, 1.54) is 0 Å². The Kier molecular flexibility index (Phi) is 5.04. The predicted octanol–water partition coefficient (Wildman–Crippen LogP) is 1.83.